The molecule has 2 aliphatic heterocycles. The molecule has 2 rings (SSSR count). The second-order valence-electron chi connectivity index (χ2n) is 6.19. The Balaban J connectivity index is 2.03. The molecule has 2 fully saturated rings. The first-order valence-electron chi connectivity index (χ1n) is 7.09. The van der Waals surface area contributed by atoms with Crippen LogP contribution in [0.2, 0.25) is 0 Å². The second kappa shape index (κ2) is 4.97. The van der Waals surface area contributed by atoms with Crippen LogP contribution in [0.3, 0.4) is 0 Å². The van der Waals surface area contributed by atoms with Gasteiger partial charge in [-0.15, -0.1) is 0 Å². The Kier molecular flexibility index (Phi) is 3.76. The summed E-state index contributed by atoms with van der Waals surface area (Å²) in [4.78, 5) is 14.8. The number of hydrogen-bond donors (Lipinski definition) is 1. The number of carbonyl (C=O) groups excluding carboxylic acids is 1. The largest absolute Gasteiger partial charge is 0.338 e. The Hall–Kier alpha value is -0.570. The molecule has 0 aromatic heterocycles. The molecule has 0 spiro atoms. The number of piperidine rings is 2. The van der Waals surface area contributed by atoms with Crippen molar-refractivity contribution in [2.45, 2.75) is 64.5 Å². The molecule has 3 atom stereocenters. The molecule has 98 valence electrons. The molecule has 2 saturated heterocycles. The SMILES string of the molecule is CC1CCN(C(=O)C2(C)CCCCN2)C(C)C1. The standard InChI is InChI=1S/C14H26N2O/c1-11-6-9-16(12(2)10-11)13(17)14(3)7-4-5-8-15-14/h11-12,15H,4-10H2,1-3H3. The van der Waals surface area contributed by atoms with E-state index in [4.69, 9.17) is 0 Å². The Morgan fingerprint density at radius 3 is 2.71 bits per heavy atom. The smallest absolute Gasteiger partial charge is 0.242 e. The van der Waals surface area contributed by atoms with Gasteiger partial charge in [-0.3, -0.25) is 4.79 Å². The lowest BCUT2D eigenvalue weighted by Crippen LogP contribution is -2.60. The van der Waals surface area contributed by atoms with Crippen LogP contribution in [0.25, 0.3) is 0 Å². The maximum absolute atomic E-state index is 12.7. The molecule has 0 bridgehead atoms. The van der Waals surface area contributed by atoms with Gasteiger partial charge in [0.25, 0.3) is 0 Å². The zero-order valence-corrected chi connectivity index (χ0v) is 11.5. The van der Waals surface area contributed by atoms with Crippen molar-refractivity contribution < 1.29 is 4.79 Å². The number of carbonyl (C=O) groups is 1. The summed E-state index contributed by atoms with van der Waals surface area (Å²) >= 11 is 0. The van der Waals surface area contributed by atoms with Crippen LogP contribution in [0, 0.1) is 5.92 Å². The number of hydrogen-bond acceptors (Lipinski definition) is 2. The molecule has 0 aromatic rings. The quantitative estimate of drug-likeness (QED) is 0.759. The zero-order chi connectivity index (χ0) is 12.5. The predicted molar refractivity (Wildman–Crippen MR) is 69.8 cm³/mol. The Morgan fingerprint density at radius 1 is 1.35 bits per heavy atom. The maximum Gasteiger partial charge on any atom is 0.242 e. The van der Waals surface area contributed by atoms with Crippen molar-refractivity contribution in [3.63, 3.8) is 0 Å². The fourth-order valence-electron chi connectivity index (χ4n) is 3.26. The lowest BCUT2D eigenvalue weighted by molar-refractivity contribution is -0.142. The number of rotatable bonds is 1. The molecular weight excluding hydrogens is 212 g/mol. The van der Waals surface area contributed by atoms with Gasteiger partial charge in [-0.05, 0) is 58.4 Å². The summed E-state index contributed by atoms with van der Waals surface area (Å²) in [6.07, 6.45) is 5.68. The van der Waals surface area contributed by atoms with E-state index in [0.717, 1.165) is 38.3 Å². The molecule has 17 heavy (non-hydrogen) atoms. The summed E-state index contributed by atoms with van der Waals surface area (Å²) in [5, 5.41) is 3.43. The Labute approximate surface area is 105 Å². The van der Waals surface area contributed by atoms with Crippen molar-refractivity contribution in [3.8, 4) is 0 Å². The van der Waals surface area contributed by atoms with Gasteiger partial charge in [0, 0.05) is 12.6 Å². The first-order valence-corrected chi connectivity index (χ1v) is 7.09. The van der Waals surface area contributed by atoms with Gasteiger partial charge in [-0.1, -0.05) is 6.92 Å². The monoisotopic (exact) mass is 238 g/mol. The average molecular weight is 238 g/mol. The van der Waals surface area contributed by atoms with Gasteiger partial charge in [0.1, 0.15) is 0 Å². The van der Waals surface area contributed by atoms with Crippen molar-refractivity contribution >= 4 is 5.91 Å². The number of nitrogens with one attached hydrogen (secondary N) is 1. The molecule has 0 aromatic carbocycles. The van der Waals surface area contributed by atoms with E-state index >= 15 is 0 Å². The van der Waals surface area contributed by atoms with Crippen LogP contribution in [-0.4, -0.2) is 35.5 Å². The van der Waals surface area contributed by atoms with E-state index < -0.39 is 0 Å². The molecule has 2 aliphatic rings. The van der Waals surface area contributed by atoms with Gasteiger partial charge < -0.3 is 10.2 Å². The molecule has 1 N–H and O–H groups in total. The van der Waals surface area contributed by atoms with Crippen molar-refractivity contribution in [2.24, 2.45) is 5.92 Å². The van der Waals surface area contributed by atoms with Crippen LogP contribution < -0.4 is 5.32 Å². The summed E-state index contributed by atoms with van der Waals surface area (Å²) in [7, 11) is 0. The van der Waals surface area contributed by atoms with Crippen LogP contribution in [0.1, 0.15) is 52.9 Å². The molecule has 0 aliphatic carbocycles. The summed E-state index contributed by atoms with van der Waals surface area (Å²) in [6.45, 7) is 8.50. The van der Waals surface area contributed by atoms with E-state index in [-0.39, 0.29) is 5.54 Å². The van der Waals surface area contributed by atoms with Crippen LogP contribution in [-0.2, 0) is 4.79 Å². The normalized spacial score (nSPS) is 39.1. The molecule has 3 heteroatoms. The fourth-order valence-corrected chi connectivity index (χ4v) is 3.26. The van der Waals surface area contributed by atoms with E-state index in [1.165, 1.54) is 12.8 Å². The van der Waals surface area contributed by atoms with Gasteiger partial charge in [0.15, 0.2) is 0 Å². The molecular formula is C14H26N2O. The van der Waals surface area contributed by atoms with Crippen LogP contribution in [0.15, 0.2) is 0 Å². The van der Waals surface area contributed by atoms with Gasteiger partial charge in [0.2, 0.25) is 5.91 Å². The summed E-state index contributed by atoms with van der Waals surface area (Å²) < 4.78 is 0. The van der Waals surface area contributed by atoms with Gasteiger partial charge in [0.05, 0.1) is 5.54 Å². The second-order valence-corrected chi connectivity index (χ2v) is 6.19. The Bertz CT molecular complexity index is 284. The van der Waals surface area contributed by atoms with Crippen molar-refractivity contribution in [2.75, 3.05) is 13.1 Å². The van der Waals surface area contributed by atoms with Gasteiger partial charge in [-0.2, -0.15) is 0 Å². The van der Waals surface area contributed by atoms with E-state index in [9.17, 15) is 4.79 Å². The lowest BCUT2D eigenvalue weighted by Gasteiger charge is -2.43. The lowest BCUT2D eigenvalue weighted by atomic mass is 9.86. The molecule has 0 saturated carbocycles. The average Bonchev–Trinajstić information content (AvgIpc) is 2.29. The summed E-state index contributed by atoms with van der Waals surface area (Å²) in [5.41, 5.74) is -0.299. The minimum Gasteiger partial charge on any atom is -0.338 e. The van der Waals surface area contributed by atoms with E-state index in [1.807, 2.05) is 0 Å². The third-order valence-corrected chi connectivity index (χ3v) is 4.49. The predicted octanol–water partition coefficient (Wildman–Crippen LogP) is 2.17. The first kappa shape index (κ1) is 12.9. The highest BCUT2D eigenvalue weighted by molar-refractivity contribution is 5.86. The Morgan fingerprint density at radius 2 is 2.12 bits per heavy atom. The highest BCUT2D eigenvalue weighted by atomic mass is 16.2. The minimum absolute atomic E-state index is 0.299. The van der Waals surface area contributed by atoms with E-state index in [0.29, 0.717) is 11.9 Å². The topological polar surface area (TPSA) is 32.3 Å². The van der Waals surface area contributed by atoms with Crippen molar-refractivity contribution in [3.05, 3.63) is 0 Å². The van der Waals surface area contributed by atoms with Crippen LogP contribution >= 0.6 is 0 Å². The number of likely N-dealkylation sites (tertiary alicyclic amines) is 1. The van der Waals surface area contributed by atoms with Gasteiger partial charge in [-0.25, -0.2) is 0 Å². The van der Waals surface area contributed by atoms with Gasteiger partial charge >= 0.3 is 0 Å². The third-order valence-electron chi connectivity index (χ3n) is 4.49. The molecule has 1 amide bonds. The maximum atomic E-state index is 12.7. The number of nitrogens with zero attached hydrogens (tertiary/aromatic N) is 1. The highest BCUT2D eigenvalue weighted by Gasteiger charge is 2.40. The molecule has 3 unspecified atom stereocenters. The highest BCUT2D eigenvalue weighted by Crippen LogP contribution is 2.27. The fraction of sp³-hybridized carbons (Fsp3) is 0.929. The first-order chi connectivity index (χ1) is 8.03. The molecule has 3 nitrogen and oxygen atoms in total. The third kappa shape index (κ3) is 2.65. The van der Waals surface area contributed by atoms with Crippen LogP contribution in [0.5, 0.6) is 0 Å². The van der Waals surface area contributed by atoms with Crippen molar-refractivity contribution in [1.29, 1.82) is 0 Å². The number of amides is 1. The summed E-state index contributed by atoms with van der Waals surface area (Å²) in [5.74, 6) is 1.10. The minimum atomic E-state index is -0.299. The van der Waals surface area contributed by atoms with Crippen LogP contribution in [0.4, 0.5) is 0 Å². The molecule has 0 radical (unpaired) electrons. The zero-order valence-electron chi connectivity index (χ0n) is 11.5. The van der Waals surface area contributed by atoms with Crippen molar-refractivity contribution in [1.82, 2.24) is 10.2 Å². The van der Waals surface area contributed by atoms with E-state index in [2.05, 4.69) is 31.0 Å². The van der Waals surface area contributed by atoms with E-state index in [1.54, 1.807) is 0 Å². The molecule has 2 heterocycles. The summed E-state index contributed by atoms with van der Waals surface area (Å²) in [6, 6.07) is 0.409.